The van der Waals surface area contributed by atoms with Crippen molar-refractivity contribution in [1.82, 2.24) is 5.32 Å². The lowest BCUT2D eigenvalue weighted by Crippen LogP contribution is -2.38. The Labute approximate surface area is 157 Å². The van der Waals surface area contributed by atoms with Crippen molar-refractivity contribution in [2.24, 2.45) is 11.7 Å². The van der Waals surface area contributed by atoms with Crippen LogP contribution in [0.2, 0.25) is 5.02 Å². The Kier molecular flexibility index (Phi) is 5.50. The van der Waals surface area contributed by atoms with Gasteiger partial charge in [0.2, 0.25) is 0 Å². The van der Waals surface area contributed by atoms with Gasteiger partial charge in [-0.3, -0.25) is 9.52 Å². The van der Waals surface area contributed by atoms with E-state index in [4.69, 9.17) is 17.3 Å². The first kappa shape index (κ1) is 18.7. The number of sulfonamides is 1. The molecule has 0 bridgehead atoms. The number of anilines is 1. The van der Waals surface area contributed by atoms with Crippen LogP contribution < -0.4 is 15.8 Å². The van der Waals surface area contributed by atoms with Gasteiger partial charge in [-0.25, -0.2) is 8.42 Å². The molecule has 1 aliphatic rings. The highest BCUT2D eigenvalue weighted by molar-refractivity contribution is 7.92. The molecule has 3 rings (SSSR count). The third-order valence-corrected chi connectivity index (χ3v) is 5.98. The molecule has 1 amide bonds. The predicted octanol–water partition coefficient (Wildman–Crippen LogP) is 2.61. The van der Waals surface area contributed by atoms with Gasteiger partial charge >= 0.3 is 0 Å². The van der Waals surface area contributed by atoms with Crippen LogP contribution >= 0.6 is 11.6 Å². The molecule has 2 aromatic carbocycles. The minimum absolute atomic E-state index is 0.0292. The molecule has 0 heterocycles. The number of para-hydroxylation sites is 1. The molecule has 0 aliphatic heterocycles. The molecule has 0 radical (unpaired) electrons. The number of amides is 1. The maximum absolute atomic E-state index is 12.4. The van der Waals surface area contributed by atoms with Gasteiger partial charge in [0.05, 0.1) is 15.6 Å². The summed E-state index contributed by atoms with van der Waals surface area (Å²) in [5, 5.41) is 3.08. The first-order valence-corrected chi connectivity index (χ1v) is 10.1. The highest BCUT2D eigenvalue weighted by atomic mass is 35.5. The maximum Gasteiger partial charge on any atom is 0.261 e. The van der Waals surface area contributed by atoms with Crippen molar-refractivity contribution in [3.63, 3.8) is 0 Å². The van der Waals surface area contributed by atoms with E-state index in [0.29, 0.717) is 28.7 Å². The summed E-state index contributed by atoms with van der Waals surface area (Å²) in [5.74, 6) is 0.225. The fourth-order valence-corrected chi connectivity index (χ4v) is 3.86. The van der Waals surface area contributed by atoms with Crippen LogP contribution in [0.4, 0.5) is 5.69 Å². The van der Waals surface area contributed by atoms with E-state index in [9.17, 15) is 13.2 Å². The van der Waals surface area contributed by atoms with Gasteiger partial charge in [0.25, 0.3) is 15.9 Å². The van der Waals surface area contributed by atoms with Crippen LogP contribution in [-0.2, 0) is 10.0 Å². The minimum Gasteiger partial charge on any atom is -0.350 e. The van der Waals surface area contributed by atoms with Gasteiger partial charge in [0.15, 0.2) is 0 Å². The maximum atomic E-state index is 12.4. The van der Waals surface area contributed by atoms with Gasteiger partial charge < -0.3 is 11.1 Å². The highest BCUT2D eigenvalue weighted by Crippen LogP contribution is 2.31. The molecule has 0 aromatic heterocycles. The van der Waals surface area contributed by atoms with E-state index >= 15 is 0 Å². The third kappa shape index (κ3) is 4.55. The first-order valence-electron chi connectivity index (χ1n) is 8.28. The molecule has 4 N–H and O–H groups in total. The van der Waals surface area contributed by atoms with Crippen LogP contribution in [-0.4, -0.2) is 26.9 Å². The average molecular weight is 394 g/mol. The Hall–Kier alpha value is -2.09. The molecule has 0 saturated heterocycles. The third-order valence-electron chi connectivity index (χ3n) is 4.27. The Morgan fingerprint density at radius 2 is 1.81 bits per heavy atom. The van der Waals surface area contributed by atoms with Crippen LogP contribution in [0.3, 0.4) is 0 Å². The molecule has 8 heteroatoms. The Morgan fingerprint density at radius 3 is 2.42 bits per heavy atom. The van der Waals surface area contributed by atoms with E-state index in [0.717, 1.165) is 12.8 Å². The van der Waals surface area contributed by atoms with E-state index in [2.05, 4.69) is 10.0 Å². The summed E-state index contributed by atoms with van der Waals surface area (Å²) in [4.78, 5) is 12.2. The monoisotopic (exact) mass is 393 g/mol. The smallest absolute Gasteiger partial charge is 0.261 e. The zero-order valence-electron chi connectivity index (χ0n) is 14.0. The van der Waals surface area contributed by atoms with Crippen molar-refractivity contribution in [3.05, 3.63) is 59.1 Å². The molecule has 138 valence electrons. The van der Waals surface area contributed by atoms with Crippen LogP contribution in [0.1, 0.15) is 23.2 Å². The lowest BCUT2D eigenvalue weighted by Gasteiger charge is -2.12. The van der Waals surface area contributed by atoms with E-state index in [1.807, 2.05) is 0 Å². The summed E-state index contributed by atoms with van der Waals surface area (Å²) in [7, 11) is -3.79. The number of halogens is 1. The number of hydrogen-bond donors (Lipinski definition) is 3. The summed E-state index contributed by atoms with van der Waals surface area (Å²) >= 11 is 5.98. The Morgan fingerprint density at radius 1 is 1.15 bits per heavy atom. The molecule has 1 atom stereocenters. The van der Waals surface area contributed by atoms with Crippen molar-refractivity contribution in [3.8, 4) is 0 Å². The second-order valence-electron chi connectivity index (χ2n) is 6.32. The average Bonchev–Trinajstić information content (AvgIpc) is 3.46. The summed E-state index contributed by atoms with van der Waals surface area (Å²) < 4.78 is 27.3. The van der Waals surface area contributed by atoms with Gasteiger partial charge in [-0.1, -0.05) is 23.7 Å². The van der Waals surface area contributed by atoms with Gasteiger partial charge in [-0.2, -0.15) is 0 Å². The molecular weight excluding hydrogens is 374 g/mol. The van der Waals surface area contributed by atoms with E-state index < -0.39 is 10.0 Å². The summed E-state index contributed by atoms with van der Waals surface area (Å²) in [5.41, 5.74) is 6.63. The number of nitrogens with two attached hydrogens (primary N) is 1. The lowest BCUT2D eigenvalue weighted by atomic mass is 10.2. The zero-order chi connectivity index (χ0) is 18.7. The van der Waals surface area contributed by atoms with Crippen LogP contribution in [0.25, 0.3) is 0 Å². The normalized spacial score (nSPS) is 15.3. The van der Waals surface area contributed by atoms with Crippen molar-refractivity contribution in [2.75, 3.05) is 11.3 Å². The van der Waals surface area contributed by atoms with E-state index in [1.165, 1.54) is 24.3 Å². The number of benzene rings is 2. The van der Waals surface area contributed by atoms with Gasteiger partial charge in [-0.15, -0.1) is 0 Å². The molecule has 1 aliphatic carbocycles. The van der Waals surface area contributed by atoms with Crippen molar-refractivity contribution < 1.29 is 13.2 Å². The number of hydrogen-bond acceptors (Lipinski definition) is 4. The van der Waals surface area contributed by atoms with E-state index in [1.54, 1.807) is 24.3 Å². The van der Waals surface area contributed by atoms with Crippen LogP contribution in [0.5, 0.6) is 0 Å². The second kappa shape index (κ2) is 7.65. The zero-order valence-corrected chi connectivity index (χ0v) is 15.6. The molecule has 2 aromatic rings. The van der Waals surface area contributed by atoms with Crippen molar-refractivity contribution in [1.29, 1.82) is 0 Å². The molecule has 26 heavy (non-hydrogen) atoms. The molecule has 1 unspecified atom stereocenters. The van der Waals surface area contributed by atoms with Gasteiger partial charge in [0.1, 0.15) is 0 Å². The number of carbonyl (C=O) groups is 1. The molecule has 1 fully saturated rings. The molecule has 1 saturated carbocycles. The number of rotatable bonds is 7. The summed E-state index contributed by atoms with van der Waals surface area (Å²) in [6.45, 7) is 0.414. The Bertz CT molecular complexity index is 896. The molecule has 6 nitrogen and oxygen atoms in total. The van der Waals surface area contributed by atoms with Crippen LogP contribution in [0.15, 0.2) is 53.4 Å². The fraction of sp³-hybridized carbons (Fsp3) is 0.278. The minimum atomic E-state index is -3.79. The topological polar surface area (TPSA) is 101 Å². The summed E-state index contributed by atoms with van der Waals surface area (Å²) in [6, 6.07) is 12.2. The molecular formula is C18H20ClN3O3S. The largest absolute Gasteiger partial charge is 0.350 e. The van der Waals surface area contributed by atoms with Crippen LogP contribution in [0, 0.1) is 5.92 Å². The Balaban J connectivity index is 1.66. The number of nitrogens with one attached hydrogen (secondary N) is 2. The van der Waals surface area contributed by atoms with Crippen molar-refractivity contribution >= 4 is 33.2 Å². The van der Waals surface area contributed by atoms with E-state index in [-0.39, 0.29) is 16.8 Å². The predicted molar refractivity (Wildman–Crippen MR) is 102 cm³/mol. The van der Waals surface area contributed by atoms with Gasteiger partial charge in [0, 0.05) is 18.2 Å². The first-order chi connectivity index (χ1) is 12.4. The lowest BCUT2D eigenvalue weighted by molar-refractivity contribution is 0.0950. The second-order valence-corrected chi connectivity index (χ2v) is 8.41. The number of carbonyl (C=O) groups excluding carboxylic acids is 1. The highest BCUT2D eigenvalue weighted by Gasteiger charge is 2.28. The summed E-state index contributed by atoms with van der Waals surface area (Å²) in [6.07, 6.45) is 2.23. The SMILES string of the molecule is NC(CNC(=O)c1ccc(S(=O)(=O)Nc2ccccc2Cl)cc1)C1CC1. The molecule has 0 spiro atoms. The van der Waals surface area contributed by atoms with Gasteiger partial charge in [-0.05, 0) is 55.2 Å². The standard InChI is InChI=1S/C18H20ClN3O3S/c19-15-3-1-2-4-17(15)22-26(24,25)14-9-7-13(8-10-14)18(23)21-11-16(20)12-5-6-12/h1-4,7-10,12,16,22H,5-6,11,20H2,(H,21,23). The fourth-order valence-electron chi connectivity index (χ4n) is 2.54. The van der Waals surface area contributed by atoms with Crippen molar-refractivity contribution in [2.45, 2.75) is 23.8 Å². The quantitative estimate of drug-likeness (QED) is 0.672.